The van der Waals surface area contributed by atoms with Crippen LogP contribution in [0, 0.1) is 11.2 Å². The third-order valence-electron chi connectivity index (χ3n) is 3.22. The van der Waals surface area contributed by atoms with Gasteiger partial charge in [0.2, 0.25) is 0 Å². The lowest BCUT2D eigenvalue weighted by Gasteiger charge is -2.33. The van der Waals surface area contributed by atoms with Crippen LogP contribution in [0.2, 0.25) is 0 Å². The summed E-state index contributed by atoms with van der Waals surface area (Å²) in [6, 6.07) is 6.58. The van der Waals surface area contributed by atoms with E-state index in [1.807, 2.05) is 0 Å². The Morgan fingerprint density at radius 1 is 1.31 bits per heavy atom. The molecule has 1 saturated heterocycles. The Balaban J connectivity index is 1.94. The van der Waals surface area contributed by atoms with Crippen LogP contribution in [0.5, 0.6) is 5.75 Å². The maximum Gasteiger partial charge on any atom is 0.165 e. The number of nitrogens with one attached hydrogen (secondary N) is 1. The highest BCUT2D eigenvalue weighted by Gasteiger charge is 2.27. The highest BCUT2D eigenvalue weighted by molar-refractivity contribution is 5.23. The lowest BCUT2D eigenvalue weighted by molar-refractivity contribution is 0.120. The van der Waals surface area contributed by atoms with Gasteiger partial charge in [-0.25, -0.2) is 4.39 Å². The molecular formula is C13H18FNO. The highest BCUT2D eigenvalue weighted by atomic mass is 19.1. The number of benzene rings is 1. The molecule has 0 amide bonds. The van der Waals surface area contributed by atoms with Gasteiger partial charge in [-0.15, -0.1) is 0 Å². The maximum atomic E-state index is 13.3. The average molecular weight is 223 g/mol. The molecule has 2 rings (SSSR count). The minimum absolute atomic E-state index is 0.174. The molecule has 0 atom stereocenters. The van der Waals surface area contributed by atoms with Crippen molar-refractivity contribution in [2.24, 2.45) is 5.41 Å². The van der Waals surface area contributed by atoms with E-state index in [0.29, 0.717) is 12.4 Å². The summed E-state index contributed by atoms with van der Waals surface area (Å²) >= 11 is 0. The van der Waals surface area contributed by atoms with Crippen LogP contribution in [0.4, 0.5) is 4.39 Å². The van der Waals surface area contributed by atoms with Gasteiger partial charge in [0.05, 0.1) is 6.61 Å². The Morgan fingerprint density at radius 2 is 2.00 bits per heavy atom. The molecule has 1 N–H and O–H groups in total. The number of rotatable bonds is 3. The molecule has 1 heterocycles. The predicted octanol–water partition coefficient (Wildman–Crippen LogP) is 2.59. The zero-order valence-corrected chi connectivity index (χ0v) is 9.63. The van der Waals surface area contributed by atoms with Crippen molar-refractivity contribution in [2.75, 3.05) is 19.7 Å². The fourth-order valence-electron chi connectivity index (χ4n) is 1.99. The van der Waals surface area contributed by atoms with Gasteiger partial charge < -0.3 is 10.1 Å². The SMILES string of the molecule is CC1(COc2ccccc2F)CCNCC1. The Hall–Kier alpha value is -1.09. The van der Waals surface area contributed by atoms with Crippen molar-refractivity contribution in [1.82, 2.24) is 5.32 Å². The van der Waals surface area contributed by atoms with E-state index in [1.165, 1.54) is 6.07 Å². The number of piperidine rings is 1. The molecule has 3 heteroatoms. The zero-order valence-electron chi connectivity index (χ0n) is 9.63. The van der Waals surface area contributed by atoms with Gasteiger partial charge >= 0.3 is 0 Å². The van der Waals surface area contributed by atoms with Crippen molar-refractivity contribution in [3.63, 3.8) is 0 Å². The minimum Gasteiger partial charge on any atom is -0.490 e. The molecular weight excluding hydrogens is 205 g/mol. The fraction of sp³-hybridized carbons (Fsp3) is 0.538. The van der Waals surface area contributed by atoms with Crippen molar-refractivity contribution in [3.8, 4) is 5.75 Å². The monoisotopic (exact) mass is 223 g/mol. The summed E-state index contributed by atoms with van der Waals surface area (Å²) in [5.41, 5.74) is 0.174. The molecule has 0 aliphatic carbocycles. The van der Waals surface area contributed by atoms with Crippen LogP contribution < -0.4 is 10.1 Å². The second-order valence-corrected chi connectivity index (χ2v) is 4.78. The summed E-state index contributed by atoms with van der Waals surface area (Å²) < 4.78 is 18.9. The quantitative estimate of drug-likeness (QED) is 0.850. The summed E-state index contributed by atoms with van der Waals surface area (Å²) in [5.74, 6) is 0.0855. The van der Waals surface area contributed by atoms with Crippen molar-refractivity contribution >= 4 is 0 Å². The molecule has 16 heavy (non-hydrogen) atoms. The van der Waals surface area contributed by atoms with Gasteiger partial charge in [-0.1, -0.05) is 19.1 Å². The zero-order chi connectivity index (χ0) is 11.4. The topological polar surface area (TPSA) is 21.3 Å². The highest BCUT2D eigenvalue weighted by Crippen LogP contribution is 2.29. The van der Waals surface area contributed by atoms with Crippen LogP contribution in [-0.2, 0) is 0 Å². The van der Waals surface area contributed by atoms with E-state index in [1.54, 1.807) is 18.2 Å². The van der Waals surface area contributed by atoms with Gasteiger partial charge in [0.15, 0.2) is 11.6 Å². The van der Waals surface area contributed by atoms with Gasteiger partial charge in [0.1, 0.15) is 0 Å². The Kier molecular flexibility index (Phi) is 3.44. The first-order valence-electron chi connectivity index (χ1n) is 5.78. The van der Waals surface area contributed by atoms with Gasteiger partial charge in [-0.2, -0.15) is 0 Å². The molecule has 1 fully saturated rings. The second-order valence-electron chi connectivity index (χ2n) is 4.78. The third-order valence-corrected chi connectivity index (χ3v) is 3.22. The normalized spacial score (nSPS) is 19.4. The second kappa shape index (κ2) is 4.83. The average Bonchev–Trinajstić information content (AvgIpc) is 2.29. The summed E-state index contributed by atoms with van der Waals surface area (Å²) in [6.45, 7) is 4.85. The van der Waals surface area contributed by atoms with E-state index < -0.39 is 0 Å². The molecule has 2 nitrogen and oxygen atoms in total. The van der Waals surface area contributed by atoms with Crippen LogP contribution in [0.3, 0.4) is 0 Å². The Bertz CT molecular complexity index is 348. The van der Waals surface area contributed by atoms with Crippen molar-refractivity contribution < 1.29 is 9.13 Å². The van der Waals surface area contributed by atoms with Crippen LogP contribution in [0.25, 0.3) is 0 Å². The predicted molar refractivity (Wildman–Crippen MR) is 62.1 cm³/mol. The number of ether oxygens (including phenoxy) is 1. The van der Waals surface area contributed by atoms with E-state index in [2.05, 4.69) is 12.2 Å². The Labute approximate surface area is 95.8 Å². The number of halogens is 1. The maximum absolute atomic E-state index is 13.3. The molecule has 0 saturated carbocycles. The van der Waals surface area contributed by atoms with Crippen LogP contribution >= 0.6 is 0 Å². The van der Waals surface area contributed by atoms with E-state index >= 15 is 0 Å². The van der Waals surface area contributed by atoms with Gasteiger partial charge in [-0.05, 0) is 38.1 Å². The summed E-state index contributed by atoms with van der Waals surface area (Å²) in [5, 5.41) is 3.32. The molecule has 0 bridgehead atoms. The van der Waals surface area contributed by atoms with Crippen LogP contribution in [0.15, 0.2) is 24.3 Å². The van der Waals surface area contributed by atoms with Gasteiger partial charge in [0, 0.05) is 5.41 Å². The van der Waals surface area contributed by atoms with E-state index in [9.17, 15) is 4.39 Å². The first-order chi connectivity index (χ1) is 7.70. The fourth-order valence-corrected chi connectivity index (χ4v) is 1.99. The molecule has 1 aromatic carbocycles. The standard InChI is InChI=1S/C13H18FNO/c1-13(6-8-15-9-7-13)10-16-12-5-3-2-4-11(12)14/h2-5,15H,6-10H2,1H3. The molecule has 1 aliphatic rings. The smallest absolute Gasteiger partial charge is 0.165 e. The molecule has 0 spiro atoms. The molecule has 88 valence electrons. The van der Waals surface area contributed by atoms with Crippen molar-refractivity contribution in [3.05, 3.63) is 30.1 Å². The van der Waals surface area contributed by atoms with E-state index in [-0.39, 0.29) is 11.2 Å². The van der Waals surface area contributed by atoms with E-state index in [4.69, 9.17) is 4.74 Å². The summed E-state index contributed by atoms with van der Waals surface area (Å²) in [7, 11) is 0. The molecule has 0 aromatic heterocycles. The van der Waals surface area contributed by atoms with Gasteiger partial charge in [-0.3, -0.25) is 0 Å². The van der Waals surface area contributed by atoms with E-state index in [0.717, 1.165) is 25.9 Å². The molecule has 1 aromatic rings. The van der Waals surface area contributed by atoms with Crippen molar-refractivity contribution in [2.45, 2.75) is 19.8 Å². The third kappa shape index (κ3) is 2.73. The lowest BCUT2D eigenvalue weighted by Crippen LogP contribution is -2.38. The first kappa shape index (κ1) is 11.4. The number of hydrogen-bond acceptors (Lipinski definition) is 2. The van der Waals surface area contributed by atoms with Crippen molar-refractivity contribution in [1.29, 1.82) is 0 Å². The molecule has 0 unspecified atom stereocenters. The first-order valence-corrected chi connectivity index (χ1v) is 5.78. The van der Waals surface area contributed by atoms with Crippen LogP contribution in [0.1, 0.15) is 19.8 Å². The number of para-hydroxylation sites is 1. The molecule has 0 radical (unpaired) electrons. The Morgan fingerprint density at radius 3 is 2.69 bits per heavy atom. The van der Waals surface area contributed by atoms with Gasteiger partial charge in [0.25, 0.3) is 0 Å². The summed E-state index contributed by atoms with van der Waals surface area (Å²) in [4.78, 5) is 0. The molecule has 1 aliphatic heterocycles. The van der Waals surface area contributed by atoms with Crippen LogP contribution in [-0.4, -0.2) is 19.7 Å². The number of hydrogen-bond donors (Lipinski definition) is 1. The lowest BCUT2D eigenvalue weighted by atomic mass is 9.82. The largest absolute Gasteiger partial charge is 0.490 e. The summed E-state index contributed by atoms with van der Waals surface area (Å²) in [6.07, 6.45) is 2.17. The minimum atomic E-state index is -0.278.